The molecular formula is C21H26O7. The van der Waals surface area contributed by atoms with Crippen LogP contribution >= 0.6 is 0 Å². The van der Waals surface area contributed by atoms with Gasteiger partial charge < -0.3 is 18.9 Å². The number of fused-ring (bicyclic) bond motifs is 2. The summed E-state index contributed by atoms with van der Waals surface area (Å²) in [5.74, 6) is -2.01. The summed E-state index contributed by atoms with van der Waals surface area (Å²) in [4.78, 5) is 35.9. The molecule has 0 amide bonds. The molecule has 0 N–H and O–H groups in total. The molecule has 2 fully saturated rings. The smallest absolute Gasteiger partial charge is 0.334 e. The predicted molar refractivity (Wildman–Crippen MR) is 99.0 cm³/mol. The van der Waals surface area contributed by atoms with Gasteiger partial charge in [0.2, 0.25) is 0 Å². The van der Waals surface area contributed by atoms with Crippen molar-refractivity contribution in [2.24, 2.45) is 5.92 Å². The maximum atomic E-state index is 12.2. The number of rotatable bonds is 3. The molecule has 0 bridgehead atoms. The highest BCUT2D eigenvalue weighted by molar-refractivity contribution is 5.91. The van der Waals surface area contributed by atoms with E-state index in [9.17, 15) is 14.4 Å². The highest BCUT2D eigenvalue weighted by atomic mass is 16.6. The summed E-state index contributed by atoms with van der Waals surface area (Å²) in [6, 6.07) is 0. The number of hydrogen-bond donors (Lipinski definition) is 0. The van der Waals surface area contributed by atoms with Gasteiger partial charge in [-0.2, -0.15) is 0 Å². The summed E-state index contributed by atoms with van der Waals surface area (Å²) in [6.07, 6.45) is 0.638. The van der Waals surface area contributed by atoms with Gasteiger partial charge >= 0.3 is 17.9 Å². The van der Waals surface area contributed by atoms with Crippen molar-refractivity contribution in [3.8, 4) is 0 Å². The zero-order valence-corrected chi connectivity index (χ0v) is 16.7. The van der Waals surface area contributed by atoms with E-state index in [1.165, 1.54) is 6.92 Å². The molecule has 2 saturated heterocycles. The van der Waals surface area contributed by atoms with Crippen LogP contribution in [0.4, 0.5) is 0 Å². The molecule has 0 radical (unpaired) electrons. The highest BCUT2D eigenvalue weighted by Crippen LogP contribution is 2.48. The topological polar surface area (TPSA) is 91.4 Å². The first-order chi connectivity index (χ1) is 13.0. The average Bonchev–Trinajstić information content (AvgIpc) is 3.11. The molecule has 0 spiro atoms. The predicted octanol–water partition coefficient (Wildman–Crippen LogP) is 2.40. The van der Waals surface area contributed by atoms with E-state index >= 15 is 0 Å². The molecule has 0 aromatic heterocycles. The van der Waals surface area contributed by atoms with E-state index in [-0.39, 0.29) is 17.3 Å². The minimum Gasteiger partial charge on any atom is -0.458 e. The fourth-order valence-electron chi connectivity index (χ4n) is 3.92. The van der Waals surface area contributed by atoms with Gasteiger partial charge in [-0.1, -0.05) is 13.2 Å². The Balaban J connectivity index is 1.99. The summed E-state index contributed by atoms with van der Waals surface area (Å²) in [5.41, 5.74) is 0.702. The summed E-state index contributed by atoms with van der Waals surface area (Å²) >= 11 is 0. The normalized spacial score (nSPS) is 38.9. The van der Waals surface area contributed by atoms with E-state index in [1.54, 1.807) is 13.0 Å². The summed E-state index contributed by atoms with van der Waals surface area (Å²) in [5, 5.41) is 0. The van der Waals surface area contributed by atoms with Gasteiger partial charge in [-0.05, 0) is 32.4 Å². The summed E-state index contributed by atoms with van der Waals surface area (Å²) < 4.78 is 22.5. The molecule has 2 heterocycles. The Morgan fingerprint density at radius 2 is 1.96 bits per heavy atom. The minimum absolute atomic E-state index is 0.158. The highest BCUT2D eigenvalue weighted by Gasteiger charge is 2.58. The van der Waals surface area contributed by atoms with Gasteiger partial charge in [-0.3, -0.25) is 4.79 Å². The number of epoxide rings is 1. The molecule has 6 atom stereocenters. The van der Waals surface area contributed by atoms with Crippen molar-refractivity contribution in [2.75, 3.05) is 0 Å². The largest absolute Gasteiger partial charge is 0.458 e. The van der Waals surface area contributed by atoms with E-state index < -0.39 is 47.7 Å². The number of esters is 3. The van der Waals surface area contributed by atoms with Crippen molar-refractivity contribution >= 4 is 17.9 Å². The third kappa shape index (κ3) is 3.90. The third-order valence-corrected chi connectivity index (χ3v) is 5.58. The Morgan fingerprint density at radius 3 is 2.57 bits per heavy atom. The van der Waals surface area contributed by atoms with Gasteiger partial charge in [0, 0.05) is 30.9 Å². The number of carbonyl (C=O) groups is 3. The quantitative estimate of drug-likeness (QED) is 0.240. The number of ether oxygens (including phenoxy) is 4. The molecule has 0 aromatic carbocycles. The lowest BCUT2D eigenvalue weighted by Crippen LogP contribution is -2.38. The second-order valence-electron chi connectivity index (χ2n) is 8.01. The van der Waals surface area contributed by atoms with Crippen LogP contribution in [0.25, 0.3) is 0 Å². The SMILES string of the molecule is C=C(C)C(=O)O[C@@H]1C[C@]2(C)O[C@@H]2C[C@H](OC(C)=O)/C(C)=C\[C@@H]2OC(=O)C(=C)[C@@H]21. The molecule has 2 aliphatic heterocycles. The molecule has 0 unspecified atom stereocenters. The van der Waals surface area contributed by atoms with Crippen molar-refractivity contribution in [1.82, 2.24) is 0 Å². The molecule has 7 heteroatoms. The molecular weight excluding hydrogens is 364 g/mol. The van der Waals surface area contributed by atoms with Crippen LogP contribution in [0.1, 0.15) is 40.5 Å². The molecule has 3 aliphatic rings. The summed E-state index contributed by atoms with van der Waals surface area (Å²) in [6.45, 7) is 14.1. The first kappa shape index (κ1) is 20.3. The van der Waals surface area contributed by atoms with Crippen LogP contribution in [0.3, 0.4) is 0 Å². The van der Waals surface area contributed by atoms with E-state index in [0.717, 1.165) is 5.57 Å². The van der Waals surface area contributed by atoms with Gasteiger partial charge in [-0.25, -0.2) is 9.59 Å². The van der Waals surface area contributed by atoms with Crippen LogP contribution in [0, 0.1) is 5.92 Å². The average molecular weight is 390 g/mol. The van der Waals surface area contributed by atoms with Crippen molar-refractivity contribution in [3.63, 3.8) is 0 Å². The molecule has 152 valence electrons. The van der Waals surface area contributed by atoms with Crippen molar-refractivity contribution in [3.05, 3.63) is 36.0 Å². The van der Waals surface area contributed by atoms with Crippen LogP contribution in [0.15, 0.2) is 36.0 Å². The van der Waals surface area contributed by atoms with Crippen LogP contribution in [-0.2, 0) is 33.3 Å². The van der Waals surface area contributed by atoms with Crippen molar-refractivity contribution in [2.45, 2.75) is 70.6 Å². The monoisotopic (exact) mass is 390 g/mol. The zero-order valence-electron chi connectivity index (χ0n) is 16.7. The minimum atomic E-state index is -0.667. The molecule has 0 aromatic rings. The second-order valence-corrected chi connectivity index (χ2v) is 8.01. The first-order valence-corrected chi connectivity index (χ1v) is 9.31. The van der Waals surface area contributed by atoms with Gasteiger partial charge in [-0.15, -0.1) is 0 Å². The van der Waals surface area contributed by atoms with E-state index in [4.69, 9.17) is 18.9 Å². The summed E-state index contributed by atoms with van der Waals surface area (Å²) in [7, 11) is 0. The van der Waals surface area contributed by atoms with Crippen molar-refractivity contribution in [1.29, 1.82) is 0 Å². The lowest BCUT2D eigenvalue weighted by molar-refractivity contribution is -0.149. The van der Waals surface area contributed by atoms with Crippen molar-refractivity contribution < 1.29 is 33.3 Å². The zero-order chi connectivity index (χ0) is 20.8. The second kappa shape index (κ2) is 7.20. The lowest BCUT2D eigenvalue weighted by Gasteiger charge is -2.29. The van der Waals surface area contributed by atoms with Gasteiger partial charge in [0.05, 0.1) is 17.6 Å². The molecule has 0 saturated carbocycles. The molecule has 3 rings (SSSR count). The molecule has 7 nitrogen and oxygen atoms in total. The maximum Gasteiger partial charge on any atom is 0.334 e. The molecule has 28 heavy (non-hydrogen) atoms. The Morgan fingerprint density at radius 1 is 1.29 bits per heavy atom. The van der Waals surface area contributed by atoms with E-state index in [2.05, 4.69) is 13.2 Å². The van der Waals surface area contributed by atoms with Gasteiger partial charge in [0.1, 0.15) is 18.3 Å². The Hall–Kier alpha value is -2.41. The molecule has 1 aliphatic carbocycles. The maximum absolute atomic E-state index is 12.2. The third-order valence-electron chi connectivity index (χ3n) is 5.58. The Kier molecular flexibility index (Phi) is 5.23. The fourth-order valence-corrected chi connectivity index (χ4v) is 3.92. The Bertz CT molecular complexity index is 780. The fraction of sp³-hybridized carbons (Fsp3) is 0.571. The lowest BCUT2D eigenvalue weighted by atomic mass is 9.82. The standard InChI is InChI=1S/C21H26O7/c1-10(2)19(23)27-16-9-21(6)17(28-21)8-14(25-13(5)22)11(3)7-15-18(16)12(4)20(24)26-15/h7,14-18H,1,4,8-9H2,2-3,5-6H3/b11-7-/t14-,15-,16+,17+,18-,21-/m0/s1. The number of hydrogen-bond acceptors (Lipinski definition) is 7. The van der Waals surface area contributed by atoms with Crippen LogP contribution in [0.2, 0.25) is 0 Å². The Labute approximate surface area is 164 Å². The van der Waals surface area contributed by atoms with Crippen LogP contribution < -0.4 is 0 Å². The number of carbonyl (C=O) groups excluding carboxylic acids is 3. The van der Waals surface area contributed by atoms with E-state index in [0.29, 0.717) is 12.8 Å². The van der Waals surface area contributed by atoms with Gasteiger partial charge in [0.15, 0.2) is 0 Å². The van der Waals surface area contributed by atoms with E-state index in [1.807, 2.05) is 13.8 Å². The first-order valence-electron chi connectivity index (χ1n) is 9.31. The van der Waals surface area contributed by atoms with Crippen LogP contribution in [-0.4, -0.2) is 47.9 Å². The van der Waals surface area contributed by atoms with Gasteiger partial charge in [0.25, 0.3) is 0 Å². The van der Waals surface area contributed by atoms with Crippen LogP contribution in [0.5, 0.6) is 0 Å².